The summed E-state index contributed by atoms with van der Waals surface area (Å²) in [7, 11) is 0. The molecule has 0 spiro atoms. The molecule has 0 heterocycles. The van der Waals surface area contributed by atoms with Crippen LogP contribution < -0.4 is 0 Å². The van der Waals surface area contributed by atoms with Gasteiger partial charge in [0.25, 0.3) is 6.43 Å². The number of hydrogen-bond donors (Lipinski definition) is 0. The number of benzene rings is 1. The molecule has 0 bridgehead atoms. The summed E-state index contributed by atoms with van der Waals surface area (Å²) in [5, 5.41) is 0. The van der Waals surface area contributed by atoms with Gasteiger partial charge in [-0.05, 0) is 31.5 Å². The molecule has 76 valence electrons. The molecule has 1 aromatic carbocycles. The Kier molecular flexibility index (Phi) is 2.93. The zero-order valence-corrected chi connectivity index (χ0v) is 7.77. The average molecular weight is 202 g/mol. The first-order chi connectivity index (χ1) is 6.43. The molecule has 0 saturated carbocycles. The first-order valence-electron chi connectivity index (χ1n) is 4.02. The molecule has 0 aliphatic heterocycles. The van der Waals surface area contributed by atoms with Crippen molar-refractivity contribution in [1.29, 1.82) is 0 Å². The van der Waals surface area contributed by atoms with Crippen LogP contribution in [0, 0.1) is 12.7 Å². The number of carbonyl (C=O) groups is 1. The van der Waals surface area contributed by atoms with Crippen LogP contribution in [0.2, 0.25) is 0 Å². The standard InChI is InChI=1S/C10H9F3O/c1-5-3-7(11)4-8(6(2)14)9(5)10(12)13/h3-4,10H,1-2H3. The SMILES string of the molecule is CC(=O)c1cc(F)cc(C)c1C(F)F. The van der Waals surface area contributed by atoms with E-state index in [1.807, 2.05) is 0 Å². The average Bonchev–Trinajstić information content (AvgIpc) is 2.01. The summed E-state index contributed by atoms with van der Waals surface area (Å²) in [5.41, 5.74) is -0.512. The lowest BCUT2D eigenvalue weighted by atomic mass is 9.99. The molecule has 0 aliphatic carbocycles. The number of rotatable bonds is 2. The van der Waals surface area contributed by atoms with Crippen LogP contribution in [0.3, 0.4) is 0 Å². The van der Waals surface area contributed by atoms with Crippen molar-refractivity contribution in [3.8, 4) is 0 Å². The lowest BCUT2D eigenvalue weighted by molar-refractivity contribution is 0.0998. The second-order valence-electron chi connectivity index (χ2n) is 3.04. The fraction of sp³-hybridized carbons (Fsp3) is 0.300. The first kappa shape index (κ1) is 10.8. The normalized spacial score (nSPS) is 10.7. The Balaban J connectivity index is 3.44. The molecule has 0 atom stereocenters. The Morgan fingerprint density at radius 2 is 1.93 bits per heavy atom. The zero-order chi connectivity index (χ0) is 10.9. The lowest BCUT2D eigenvalue weighted by Crippen LogP contribution is -2.03. The Morgan fingerprint density at radius 3 is 2.36 bits per heavy atom. The van der Waals surface area contributed by atoms with Crippen LogP contribution in [-0.4, -0.2) is 5.78 Å². The maximum atomic E-state index is 12.8. The second-order valence-corrected chi connectivity index (χ2v) is 3.04. The Labute approximate surface area is 79.5 Å². The summed E-state index contributed by atoms with van der Waals surface area (Å²) in [6.07, 6.45) is -2.76. The number of halogens is 3. The molecular weight excluding hydrogens is 193 g/mol. The molecule has 0 radical (unpaired) electrons. The van der Waals surface area contributed by atoms with E-state index in [9.17, 15) is 18.0 Å². The highest BCUT2D eigenvalue weighted by Gasteiger charge is 2.19. The van der Waals surface area contributed by atoms with Gasteiger partial charge < -0.3 is 0 Å². The molecule has 14 heavy (non-hydrogen) atoms. The Hall–Kier alpha value is -1.32. The summed E-state index contributed by atoms with van der Waals surface area (Å²) >= 11 is 0. The Morgan fingerprint density at radius 1 is 1.36 bits per heavy atom. The number of ketones is 1. The van der Waals surface area contributed by atoms with Gasteiger partial charge in [0.1, 0.15) is 5.82 Å². The van der Waals surface area contributed by atoms with Gasteiger partial charge in [0.05, 0.1) is 0 Å². The molecule has 0 saturated heterocycles. The smallest absolute Gasteiger partial charge is 0.264 e. The third-order valence-electron chi connectivity index (χ3n) is 1.95. The molecule has 1 nitrogen and oxygen atoms in total. The van der Waals surface area contributed by atoms with Crippen molar-refractivity contribution in [2.24, 2.45) is 0 Å². The monoisotopic (exact) mass is 202 g/mol. The van der Waals surface area contributed by atoms with Gasteiger partial charge in [0.2, 0.25) is 0 Å². The van der Waals surface area contributed by atoms with Gasteiger partial charge in [-0.15, -0.1) is 0 Å². The van der Waals surface area contributed by atoms with Crippen LogP contribution in [0.15, 0.2) is 12.1 Å². The summed E-state index contributed by atoms with van der Waals surface area (Å²) in [4.78, 5) is 11.0. The predicted octanol–water partition coefficient (Wildman–Crippen LogP) is 3.27. The fourth-order valence-corrected chi connectivity index (χ4v) is 1.34. The van der Waals surface area contributed by atoms with E-state index < -0.39 is 18.0 Å². The molecule has 0 amide bonds. The van der Waals surface area contributed by atoms with Gasteiger partial charge in [-0.3, -0.25) is 4.79 Å². The van der Waals surface area contributed by atoms with Crippen molar-refractivity contribution in [3.05, 3.63) is 34.6 Å². The van der Waals surface area contributed by atoms with Gasteiger partial charge in [-0.2, -0.15) is 0 Å². The van der Waals surface area contributed by atoms with Crippen LogP contribution >= 0.6 is 0 Å². The molecule has 1 aromatic rings. The van der Waals surface area contributed by atoms with Crippen molar-refractivity contribution in [2.75, 3.05) is 0 Å². The van der Waals surface area contributed by atoms with E-state index in [2.05, 4.69) is 0 Å². The summed E-state index contributed by atoms with van der Waals surface area (Å²) in [6, 6.07) is 1.84. The van der Waals surface area contributed by atoms with Gasteiger partial charge in [-0.1, -0.05) is 0 Å². The molecule has 0 unspecified atom stereocenters. The first-order valence-corrected chi connectivity index (χ1v) is 4.02. The van der Waals surface area contributed by atoms with Crippen LogP contribution in [0.1, 0.15) is 34.8 Å². The maximum Gasteiger partial charge on any atom is 0.264 e. The van der Waals surface area contributed by atoms with Crippen molar-refractivity contribution in [3.63, 3.8) is 0 Å². The molecule has 0 aromatic heterocycles. The van der Waals surface area contributed by atoms with E-state index in [0.717, 1.165) is 19.1 Å². The van der Waals surface area contributed by atoms with Crippen molar-refractivity contribution >= 4 is 5.78 Å². The van der Waals surface area contributed by atoms with E-state index in [-0.39, 0.29) is 16.7 Å². The van der Waals surface area contributed by atoms with Crippen LogP contribution in [0.5, 0.6) is 0 Å². The maximum absolute atomic E-state index is 12.8. The number of Topliss-reactive ketones (excluding diaryl/α,β-unsaturated/α-hetero) is 1. The van der Waals surface area contributed by atoms with E-state index in [1.54, 1.807) is 0 Å². The minimum absolute atomic E-state index is 0.102. The van der Waals surface area contributed by atoms with E-state index in [4.69, 9.17) is 0 Å². The minimum atomic E-state index is -2.76. The van der Waals surface area contributed by atoms with Gasteiger partial charge in [-0.25, -0.2) is 13.2 Å². The van der Waals surface area contributed by atoms with Gasteiger partial charge in [0.15, 0.2) is 5.78 Å². The molecule has 0 aliphatic rings. The molecule has 4 heteroatoms. The number of alkyl halides is 2. The quantitative estimate of drug-likeness (QED) is 0.672. The van der Waals surface area contributed by atoms with Gasteiger partial charge >= 0.3 is 0 Å². The van der Waals surface area contributed by atoms with Gasteiger partial charge in [0, 0.05) is 11.1 Å². The highest BCUT2D eigenvalue weighted by Crippen LogP contribution is 2.27. The third-order valence-corrected chi connectivity index (χ3v) is 1.95. The second kappa shape index (κ2) is 3.82. The van der Waals surface area contributed by atoms with E-state index in [1.165, 1.54) is 6.92 Å². The van der Waals surface area contributed by atoms with Crippen molar-refractivity contribution in [2.45, 2.75) is 20.3 Å². The van der Waals surface area contributed by atoms with E-state index in [0.29, 0.717) is 0 Å². The van der Waals surface area contributed by atoms with E-state index >= 15 is 0 Å². The summed E-state index contributed by atoms with van der Waals surface area (Å²) < 4.78 is 37.8. The predicted molar refractivity (Wildman–Crippen MR) is 46.1 cm³/mol. The number of carbonyl (C=O) groups excluding carboxylic acids is 1. The number of aryl methyl sites for hydroxylation is 1. The molecule has 1 rings (SSSR count). The van der Waals surface area contributed by atoms with Crippen LogP contribution in [-0.2, 0) is 0 Å². The van der Waals surface area contributed by atoms with Crippen LogP contribution in [0.25, 0.3) is 0 Å². The Bertz CT molecular complexity index is 372. The molecule has 0 N–H and O–H groups in total. The largest absolute Gasteiger partial charge is 0.294 e. The van der Waals surface area contributed by atoms with Crippen LogP contribution in [0.4, 0.5) is 13.2 Å². The summed E-state index contributed by atoms with van der Waals surface area (Å²) in [6.45, 7) is 2.50. The zero-order valence-electron chi connectivity index (χ0n) is 7.77. The highest BCUT2D eigenvalue weighted by molar-refractivity contribution is 5.96. The van der Waals surface area contributed by atoms with Crippen molar-refractivity contribution < 1.29 is 18.0 Å². The number of hydrogen-bond acceptors (Lipinski definition) is 1. The minimum Gasteiger partial charge on any atom is -0.294 e. The lowest BCUT2D eigenvalue weighted by Gasteiger charge is -2.09. The van der Waals surface area contributed by atoms with Crippen molar-refractivity contribution in [1.82, 2.24) is 0 Å². The topological polar surface area (TPSA) is 17.1 Å². The molecule has 0 fully saturated rings. The highest BCUT2D eigenvalue weighted by atomic mass is 19.3. The summed E-state index contributed by atoms with van der Waals surface area (Å²) in [5.74, 6) is -1.22. The molecular formula is C10H9F3O. The third kappa shape index (κ3) is 1.95. The fourth-order valence-electron chi connectivity index (χ4n) is 1.34.